The van der Waals surface area contributed by atoms with Gasteiger partial charge in [-0.1, -0.05) is 11.6 Å². The Balaban J connectivity index is 2.32. The molecule has 0 fully saturated rings. The summed E-state index contributed by atoms with van der Waals surface area (Å²) in [5, 5.41) is 4.72. The highest BCUT2D eigenvalue weighted by molar-refractivity contribution is 9.11. The Kier molecular flexibility index (Phi) is 3.55. The summed E-state index contributed by atoms with van der Waals surface area (Å²) in [7, 11) is 0. The maximum Gasteiger partial charge on any atom is 0.0936 e. The zero-order valence-corrected chi connectivity index (χ0v) is 11.6. The number of halogens is 3. The van der Waals surface area contributed by atoms with Crippen molar-refractivity contribution in [1.82, 2.24) is 0 Å². The van der Waals surface area contributed by atoms with Gasteiger partial charge in [-0.2, -0.15) is 11.3 Å². The molecule has 1 unspecified atom stereocenters. The molecule has 0 amide bonds. The van der Waals surface area contributed by atoms with E-state index in [4.69, 9.17) is 23.2 Å². The highest BCUT2D eigenvalue weighted by atomic mass is 79.9. The van der Waals surface area contributed by atoms with Gasteiger partial charge in [0, 0.05) is 4.88 Å². The standard InChI is InChI=1S/C9H5BrCl2S2/c10-9-6(11)3-7(14-9)8(12)5-1-2-13-4-5/h1-4,8H. The molecule has 0 spiro atoms. The van der Waals surface area contributed by atoms with Crippen molar-refractivity contribution >= 4 is 61.8 Å². The van der Waals surface area contributed by atoms with Gasteiger partial charge in [-0.05, 0) is 44.4 Å². The Bertz CT molecular complexity index is 402. The third-order valence-electron chi connectivity index (χ3n) is 1.75. The molecule has 0 radical (unpaired) electrons. The Morgan fingerprint density at radius 3 is 2.71 bits per heavy atom. The molecule has 2 aromatic heterocycles. The normalized spacial score (nSPS) is 13.1. The molecule has 0 aromatic carbocycles. The summed E-state index contributed by atoms with van der Waals surface area (Å²) < 4.78 is 0.940. The summed E-state index contributed by atoms with van der Waals surface area (Å²) in [6.45, 7) is 0. The largest absolute Gasteiger partial charge is 0.152 e. The number of rotatable bonds is 2. The van der Waals surface area contributed by atoms with Crippen LogP contribution in [0.2, 0.25) is 5.02 Å². The summed E-state index contributed by atoms with van der Waals surface area (Å²) in [6.07, 6.45) is 0. The van der Waals surface area contributed by atoms with E-state index in [9.17, 15) is 0 Å². The summed E-state index contributed by atoms with van der Waals surface area (Å²) in [5.74, 6) is 0. The molecule has 14 heavy (non-hydrogen) atoms. The lowest BCUT2D eigenvalue weighted by atomic mass is 10.2. The quantitative estimate of drug-likeness (QED) is 0.634. The van der Waals surface area contributed by atoms with Crippen LogP contribution < -0.4 is 0 Å². The van der Waals surface area contributed by atoms with Crippen LogP contribution in [0.3, 0.4) is 0 Å². The molecule has 0 aliphatic rings. The lowest BCUT2D eigenvalue weighted by molar-refractivity contribution is 1.20. The zero-order valence-electron chi connectivity index (χ0n) is 6.84. The average Bonchev–Trinajstić information content (AvgIpc) is 2.76. The van der Waals surface area contributed by atoms with Gasteiger partial charge in [-0.3, -0.25) is 0 Å². The third kappa shape index (κ3) is 2.17. The van der Waals surface area contributed by atoms with Crippen LogP contribution in [0.4, 0.5) is 0 Å². The second-order valence-electron chi connectivity index (χ2n) is 2.69. The first kappa shape index (κ1) is 11.0. The van der Waals surface area contributed by atoms with E-state index in [1.165, 1.54) is 0 Å². The van der Waals surface area contributed by atoms with E-state index in [0.717, 1.165) is 19.2 Å². The fourth-order valence-electron chi connectivity index (χ4n) is 1.07. The molecule has 0 bridgehead atoms. The second kappa shape index (κ2) is 4.54. The highest BCUT2D eigenvalue weighted by Gasteiger charge is 2.15. The zero-order chi connectivity index (χ0) is 10.1. The summed E-state index contributed by atoms with van der Waals surface area (Å²) >= 11 is 18.8. The molecule has 0 aliphatic carbocycles. The minimum Gasteiger partial charge on any atom is -0.152 e. The van der Waals surface area contributed by atoms with Gasteiger partial charge in [0.05, 0.1) is 14.2 Å². The SMILES string of the molecule is Clc1cc(C(Cl)c2ccsc2)sc1Br. The Morgan fingerprint density at radius 2 is 2.21 bits per heavy atom. The fraction of sp³-hybridized carbons (Fsp3) is 0.111. The van der Waals surface area contributed by atoms with Crippen molar-refractivity contribution in [2.45, 2.75) is 5.38 Å². The van der Waals surface area contributed by atoms with Crippen molar-refractivity contribution in [2.75, 3.05) is 0 Å². The Labute approximate surface area is 109 Å². The first-order valence-electron chi connectivity index (χ1n) is 3.79. The van der Waals surface area contributed by atoms with E-state index >= 15 is 0 Å². The van der Waals surface area contributed by atoms with Crippen LogP contribution in [-0.2, 0) is 0 Å². The van der Waals surface area contributed by atoms with Gasteiger partial charge in [0.1, 0.15) is 0 Å². The summed E-state index contributed by atoms with van der Waals surface area (Å²) in [6, 6.07) is 3.94. The van der Waals surface area contributed by atoms with E-state index in [-0.39, 0.29) is 5.38 Å². The molecule has 74 valence electrons. The Morgan fingerprint density at radius 1 is 1.43 bits per heavy atom. The van der Waals surface area contributed by atoms with Gasteiger partial charge in [0.2, 0.25) is 0 Å². The van der Waals surface area contributed by atoms with Crippen molar-refractivity contribution < 1.29 is 0 Å². The molecule has 0 nitrogen and oxygen atoms in total. The van der Waals surface area contributed by atoms with Gasteiger partial charge in [-0.25, -0.2) is 0 Å². The highest BCUT2D eigenvalue weighted by Crippen LogP contribution is 2.40. The van der Waals surface area contributed by atoms with Gasteiger partial charge in [-0.15, -0.1) is 22.9 Å². The smallest absolute Gasteiger partial charge is 0.0936 e. The van der Waals surface area contributed by atoms with Crippen molar-refractivity contribution in [2.24, 2.45) is 0 Å². The van der Waals surface area contributed by atoms with Crippen LogP contribution in [0, 0.1) is 0 Å². The van der Waals surface area contributed by atoms with Crippen molar-refractivity contribution in [1.29, 1.82) is 0 Å². The first-order chi connectivity index (χ1) is 6.68. The lowest BCUT2D eigenvalue weighted by Gasteiger charge is -2.02. The molecular weight excluding hydrogens is 323 g/mol. The van der Waals surface area contributed by atoms with E-state index in [2.05, 4.69) is 21.3 Å². The van der Waals surface area contributed by atoms with Gasteiger partial charge in [0.25, 0.3) is 0 Å². The molecule has 2 aromatic rings. The molecule has 2 heterocycles. The molecule has 0 N–H and O–H groups in total. The van der Waals surface area contributed by atoms with Crippen LogP contribution in [0.25, 0.3) is 0 Å². The molecular formula is C9H5BrCl2S2. The number of hydrogen-bond donors (Lipinski definition) is 0. The third-order valence-corrected chi connectivity index (χ3v) is 5.61. The van der Waals surface area contributed by atoms with E-state index in [1.807, 2.05) is 17.5 Å². The van der Waals surface area contributed by atoms with E-state index in [0.29, 0.717) is 0 Å². The number of hydrogen-bond acceptors (Lipinski definition) is 2. The molecule has 2 rings (SSSR count). The van der Waals surface area contributed by atoms with Gasteiger partial charge in [0.15, 0.2) is 0 Å². The van der Waals surface area contributed by atoms with Crippen LogP contribution in [-0.4, -0.2) is 0 Å². The molecule has 0 aliphatic heterocycles. The van der Waals surface area contributed by atoms with E-state index < -0.39 is 0 Å². The van der Waals surface area contributed by atoms with Crippen molar-refractivity contribution in [3.8, 4) is 0 Å². The number of alkyl halides is 1. The molecule has 0 saturated carbocycles. The molecule has 1 atom stereocenters. The minimum atomic E-state index is -0.0879. The molecule has 5 heteroatoms. The van der Waals surface area contributed by atoms with Crippen LogP contribution in [0.5, 0.6) is 0 Å². The maximum atomic E-state index is 6.30. The minimum absolute atomic E-state index is 0.0879. The lowest BCUT2D eigenvalue weighted by Crippen LogP contribution is -1.85. The number of thiophene rings is 2. The van der Waals surface area contributed by atoms with Crippen LogP contribution >= 0.6 is 61.8 Å². The van der Waals surface area contributed by atoms with Crippen LogP contribution in [0.1, 0.15) is 15.8 Å². The maximum absolute atomic E-state index is 6.30. The Hall–Kier alpha value is 0.460. The summed E-state index contributed by atoms with van der Waals surface area (Å²) in [5.41, 5.74) is 1.13. The van der Waals surface area contributed by atoms with E-state index in [1.54, 1.807) is 22.7 Å². The predicted molar refractivity (Wildman–Crippen MR) is 69.0 cm³/mol. The van der Waals surface area contributed by atoms with Crippen LogP contribution in [0.15, 0.2) is 26.7 Å². The van der Waals surface area contributed by atoms with Crippen molar-refractivity contribution in [3.63, 3.8) is 0 Å². The summed E-state index contributed by atoms with van der Waals surface area (Å²) in [4.78, 5) is 1.07. The predicted octanol–water partition coefficient (Wildman–Crippen LogP) is 5.55. The monoisotopic (exact) mass is 326 g/mol. The van der Waals surface area contributed by atoms with Crippen molar-refractivity contribution in [3.05, 3.63) is 42.1 Å². The van der Waals surface area contributed by atoms with Gasteiger partial charge >= 0.3 is 0 Å². The second-order valence-corrected chi connectivity index (χ2v) is 6.71. The molecule has 0 saturated heterocycles. The fourth-order valence-corrected chi connectivity index (χ4v) is 3.92. The average molecular weight is 328 g/mol. The van der Waals surface area contributed by atoms with Gasteiger partial charge < -0.3 is 0 Å². The topological polar surface area (TPSA) is 0 Å². The first-order valence-corrected chi connectivity index (χ1v) is 7.16.